The van der Waals surface area contributed by atoms with E-state index in [1.54, 1.807) is 0 Å². The highest BCUT2D eigenvalue weighted by atomic mass is 15.1. The SMILES string of the molecule is c1n[nH]c2c1C1(CCNC1)CC2. The van der Waals surface area contributed by atoms with E-state index in [1.807, 2.05) is 6.20 Å². The summed E-state index contributed by atoms with van der Waals surface area (Å²) in [5.74, 6) is 0. The molecule has 2 aliphatic rings. The summed E-state index contributed by atoms with van der Waals surface area (Å²) in [5.41, 5.74) is 3.30. The first-order valence-corrected chi connectivity index (χ1v) is 4.64. The molecule has 1 spiro atoms. The fourth-order valence-corrected chi connectivity index (χ4v) is 2.65. The summed E-state index contributed by atoms with van der Waals surface area (Å²) in [6.45, 7) is 2.32. The first-order chi connectivity index (χ1) is 5.91. The van der Waals surface area contributed by atoms with Crippen molar-refractivity contribution in [1.82, 2.24) is 15.5 Å². The summed E-state index contributed by atoms with van der Waals surface area (Å²) in [5, 5.41) is 10.6. The fraction of sp³-hybridized carbons (Fsp3) is 0.667. The van der Waals surface area contributed by atoms with Crippen molar-refractivity contribution in [2.24, 2.45) is 0 Å². The molecule has 1 aliphatic heterocycles. The quantitative estimate of drug-likeness (QED) is 0.587. The highest BCUT2D eigenvalue weighted by Crippen LogP contribution is 2.41. The van der Waals surface area contributed by atoms with Crippen molar-refractivity contribution in [3.05, 3.63) is 17.5 Å². The molecule has 2 heterocycles. The zero-order chi connectivity index (χ0) is 8.02. The topological polar surface area (TPSA) is 40.7 Å². The summed E-state index contributed by atoms with van der Waals surface area (Å²) in [7, 11) is 0. The number of rotatable bonds is 0. The van der Waals surface area contributed by atoms with Crippen LogP contribution in [0.1, 0.15) is 24.1 Å². The highest BCUT2D eigenvalue weighted by Gasteiger charge is 2.41. The number of aromatic nitrogens is 2. The molecular weight excluding hydrogens is 150 g/mol. The smallest absolute Gasteiger partial charge is 0.0528 e. The first kappa shape index (κ1) is 6.66. The molecule has 3 rings (SSSR count). The van der Waals surface area contributed by atoms with Gasteiger partial charge in [0.1, 0.15) is 0 Å². The molecule has 1 atom stereocenters. The van der Waals surface area contributed by atoms with E-state index in [4.69, 9.17) is 0 Å². The van der Waals surface area contributed by atoms with Crippen LogP contribution in [0.4, 0.5) is 0 Å². The molecule has 0 radical (unpaired) electrons. The highest BCUT2D eigenvalue weighted by molar-refractivity contribution is 5.34. The Morgan fingerprint density at radius 3 is 3.25 bits per heavy atom. The lowest BCUT2D eigenvalue weighted by molar-refractivity contribution is 0.466. The summed E-state index contributed by atoms with van der Waals surface area (Å²) in [6.07, 6.45) is 5.82. The van der Waals surface area contributed by atoms with Crippen LogP contribution in [0.25, 0.3) is 0 Å². The third-order valence-corrected chi connectivity index (χ3v) is 3.39. The Balaban J connectivity index is 2.09. The van der Waals surface area contributed by atoms with Gasteiger partial charge in [0.2, 0.25) is 0 Å². The van der Waals surface area contributed by atoms with Crippen molar-refractivity contribution in [2.75, 3.05) is 13.1 Å². The Labute approximate surface area is 71.6 Å². The number of fused-ring (bicyclic) bond motifs is 2. The summed E-state index contributed by atoms with van der Waals surface area (Å²) >= 11 is 0. The Bertz CT molecular complexity index is 296. The third-order valence-electron chi connectivity index (χ3n) is 3.39. The van der Waals surface area contributed by atoms with Crippen molar-refractivity contribution in [2.45, 2.75) is 24.7 Å². The number of H-pyrrole nitrogens is 1. The van der Waals surface area contributed by atoms with E-state index in [0.29, 0.717) is 5.41 Å². The Morgan fingerprint density at radius 1 is 1.42 bits per heavy atom. The molecule has 1 aromatic heterocycles. The van der Waals surface area contributed by atoms with Crippen LogP contribution in [-0.2, 0) is 11.8 Å². The van der Waals surface area contributed by atoms with Gasteiger partial charge >= 0.3 is 0 Å². The maximum Gasteiger partial charge on any atom is 0.0528 e. The molecule has 64 valence electrons. The van der Waals surface area contributed by atoms with Gasteiger partial charge in [0.25, 0.3) is 0 Å². The molecule has 12 heavy (non-hydrogen) atoms. The Hall–Kier alpha value is -0.830. The van der Waals surface area contributed by atoms with Crippen LogP contribution >= 0.6 is 0 Å². The number of hydrogen-bond donors (Lipinski definition) is 2. The monoisotopic (exact) mass is 163 g/mol. The van der Waals surface area contributed by atoms with E-state index in [-0.39, 0.29) is 0 Å². The van der Waals surface area contributed by atoms with Crippen molar-refractivity contribution in [3.63, 3.8) is 0 Å². The van der Waals surface area contributed by atoms with Gasteiger partial charge in [0.15, 0.2) is 0 Å². The minimum Gasteiger partial charge on any atom is -0.316 e. The molecule has 3 heteroatoms. The third kappa shape index (κ3) is 0.672. The Morgan fingerprint density at radius 2 is 2.42 bits per heavy atom. The lowest BCUT2D eigenvalue weighted by Gasteiger charge is -2.20. The standard InChI is InChI=1S/C9H13N3/c1-2-9(3-4-10-6-9)7-5-11-12-8(1)7/h5,10H,1-4,6H2,(H,11,12). The van der Waals surface area contributed by atoms with Crippen molar-refractivity contribution in [1.29, 1.82) is 0 Å². The van der Waals surface area contributed by atoms with Gasteiger partial charge in [-0.2, -0.15) is 5.10 Å². The number of aromatic amines is 1. The number of hydrogen-bond acceptors (Lipinski definition) is 2. The largest absolute Gasteiger partial charge is 0.316 e. The van der Waals surface area contributed by atoms with Crippen LogP contribution in [-0.4, -0.2) is 23.3 Å². The lowest BCUT2D eigenvalue weighted by Crippen LogP contribution is -2.25. The minimum atomic E-state index is 0.447. The average molecular weight is 163 g/mol. The molecule has 1 saturated heterocycles. The summed E-state index contributed by atoms with van der Waals surface area (Å²) in [4.78, 5) is 0. The maximum atomic E-state index is 4.11. The van der Waals surface area contributed by atoms with E-state index in [0.717, 1.165) is 6.54 Å². The predicted octanol–water partition coefficient (Wildman–Crippen LogP) is 0.587. The van der Waals surface area contributed by atoms with Gasteiger partial charge in [0, 0.05) is 23.2 Å². The average Bonchev–Trinajstić information content (AvgIpc) is 2.76. The predicted molar refractivity (Wildman–Crippen MR) is 46.1 cm³/mol. The molecule has 3 nitrogen and oxygen atoms in total. The zero-order valence-electron chi connectivity index (χ0n) is 7.06. The van der Waals surface area contributed by atoms with E-state index in [2.05, 4.69) is 15.5 Å². The van der Waals surface area contributed by atoms with Crippen LogP contribution in [0.2, 0.25) is 0 Å². The number of aryl methyl sites for hydroxylation is 1. The van der Waals surface area contributed by atoms with Gasteiger partial charge in [-0.15, -0.1) is 0 Å². The molecule has 0 bridgehead atoms. The molecule has 1 unspecified atom stereocenters. The second-order valence-corrected chi connectivity index (χ2v) is 3.97. The molecule has 1 aliphatic carbocycles. The van der Waals surface area contributed by atoms with E-state index < -0.39 is 0 Å². The molecule has 0 aromatic carbocycles. The van der Waals surface area contributed by atoms with Crippen molar-refractivity contribution in [3.8, 4) is 0 Å². The van der Waals surface area contributed by atoms with Crippen LogP contribution in [0, 0.1) is 0 Å². The lowest BCUT2D eigenvalue weighted by atomic mass is 9.82. The van der Waals surface area contributed by atoms with Crippen LogP contribution in [0.3, 0.4) is 0 Å². The van der Waals surface area contributed by atoms with Gasteiger partial charge in [-0.1, -0.05) is 0 Å². The number of nitrogens with one attached hydrogen (secondary N) is 2. The first-order valence-electron chi connectivity index (χ1n) is 4.64. The second-order valence-electron chi connectivity index (χ2n) is 3.97. The summed E-state index contributed by atoms with van der Waals surface area (Å²) < 4.78 is 0. The van der Waals surface area contributed by atoms with Gasteiger partial charge < -0.3 is 5.32 Å². The van der Waals surface area contributed by atoms with Gasteiger partial charge in [-0.3, -0.25) is 5.10 Å². The number of nitrogens with zero attached hydrogens (tertiary/aromatic N) is 1. The molecule has 1 aromatic rings. The van der Waals surface area contributed by atoms with Gasteiger partial charge in [0.05, 0.1) is 6.20 Å². The summed E-state index contributed by atoms with van der Waals surface area (Å²) in [6, 6.07) is 0. The minimum absolute atomic E-state index is 0.447. The molecule has 0 saturated carbocycles. The van der Waals surface area contributed by atoms with Gasteiger partial charge in [-0.05, 0) is 25.8 Å². The Kier molecular flexibility index (Phi) is 1.17. The second kappa shape index (κ2) is 2.10. The van der Waals surface area contributed by atoms with Crippen molar-refractivity contribution < 1.29 is 0 Å². The van der Waals surface area contributed by atoms with Gasteiger partial charge in [-0.25, -0.2) is 0 Å². The van der Waals surface area contributed by atoms with E-state index in [9.17, 15) is 0 Å². The van der Waals surface area contributed by atoms with Crippen LogP contribution in [0.15, 0.2) is 6.20 Å². The molecular formula is C9H13N3. The molecule has 0 amide bonds. The maximum absolute atomic E-state index is 4.11. The fourth-order valence-electron chi connectivity index (χ4n) is 2.65. The molecule has 2 N–H and O–H groups in total. The zero-order valence-corrected chi connectivity index (χ0v) is 7.06. The normalized spacial score (nSPS) is 33.0. The van der Waals surface area contributed by atoms with Crippen molar-refractivity contribution >= 4 is 0 Å². The van der Waals surface area contributed by atoms with Crippen LogP contribution in [0.5, 0.6) is 0 Å². The van der Waals surface area contributed by atoms with E-state index >= 15 is 0 Å². The molecule has 1 fully saturated rings. The van der Waals surface area contributed by atoms with E-state index in [1.165, 1.54) is 37.1 Å². The van der Waals surface area contributed by atoms with Crippen LogP contribution < -0.4 is 5.32 Å².